The highest BCUT2D eigenvalue weighted by Crippen LogP contribution is 2.19. The lowest BCUT2D eigenvalue weighted by molar-refractivity contribution is 0.0526. The van der Waals surface area contributed by atoms with Crippen LogP contribution in [0.25, 0.3) is 0 Å². The second kappa shape index (κ2) is 5.73. The highest BCUT2D eigenvalue weighted by atomic mass is 35.5. The summed E-state index contributed by atoms with van der Waals surface area (Å²) in [6, 6.07) is 4.70. The fraction of sp³-hybridized carbons (Fsp3) is 0.222. The van der Waals surface area contributed by atoms with Crippen LogP contribution in [0.2, 0.25) is 5.02 Å². The van der Waals surface area contributed by atoms with Crippen molar-refractivity contribution in [1.29, 1.82) is 0 Å². The maximum atomic E-state index is 11.3. The number of carbonyl (C=O) groups excluding carboxylic acids is 1. The van der Waals surface area contributed by atoms with Gasteiger partial charge in [0, 0.05) is 5.69 Å². The Labute approximate surface area is 93.6 Å². The van der Waals surface area contributed by atoms with Crippen molar-refractivity contribution in [3.63, 3.8) is 0 Å². The van der Waals surface area contributed by atoms with Crippen molar-refractivity contribution >= 4 is 35.7 Å². The van der Waals surface area contributed by atoms with Crippen LogP contribution in [0.1, 0.15) is 17.3 Å². The molecule has 0 saturated heterocycles. The van der Waals surface area contributed by atoms with Gasteiger partial charge in [-0.1, -0.05) is 11.6 Å². The zero-order chi connectivity index (χ0) is 9.84. The molecule has 0 amide bonds. The van der Waals surface area contributed by atoms with Crippen LogP contribution < -0.4 is 5.73 Å². The molecule has 14 heavy (non-hydrogen) atoms. The SMILES string of the molecule is CCOC(=O)c1cc(N)ccc1Cl.Cl. The number of nitrogen functional groups attached to an aromatic ring is 1. The number of esters is 1. The van der Waals surface area contributed by atoms with Crippen LogP contribution in [0, 0.1) is 0 Å². The Bertz CT molecular complexity index is 329. The normalized spacial score (nSPS) is 9.00. The maximum Gasteiger partial charge on any atom is 0.339 e. The van der Waals surface area contributed by atoms with Crippen molar-refractivity contribution in [1.82, 2.24) is 0 Å². The Kier molecular flexibility index (Phi) is 5.35. The molecule has 1 rings (SSSR count). The molecule has 0 aliphatic heterocycles. The molecular weight excluding hydrogens is 225 g/mol. The molecule has 0 aliphatic carbocycles. The van der Waals surface area contributed by atoms with Gasteiger partial charge in [0.2, 0.25) is 0 Å². The summed E-state index contributed by atoms with van der Waals surface area (Å²) >= 11 is 5.77. The van der Waals surface area contributed by atoms with Gasteiger partial charge in [0.05, 0.1) is 17.2 Å². The lowest BCUT2D eigenvalue weighted by atomic mass is 10.2. The van der Waals surface area contributed by atoms with Gasteiger partial charge in [0.25, 0.3) is 0 Å². The summed E-state index contributed by atoms with van der Waals surface area (Å²) in [6.45, 7) is 2.06. The summed E-state index contributed by atoms with van der Waals surface area (Å²) in [5, 5.41) is 0.354. The van der Waals surface area contributed by atoms with E-state index in [0.29, 0.717) is 22.9 Å². The minimum Gasteiger partial charge on any atom is -0.462 e. The molecule has 0 aromatic heterocycles. The summed E-state index contributed by atoms with van der Waals surface area (Å²) in [4.78, 5) is 11.3. The van der Waals surface area contributed by atoms with Crippen LogP contribution in [-0.4, -0.2) is 12.6 Å². The molecule has 78 valence electrons. The summed E-state index contributed by atoms with van der Waals surface area (Å²) in [5.74, 6) is -0.445. The largest absolute Gasteiger partial charge is 0.462 e. The summed E-state index contributed by atoms with van der Waals surface area (Å²) in [5.41, 5.74) is 6.30. The zero-order valence-electron chi connectivity index (χ0n) is 7.62. The van der Waals surface area contributed by atoms with Crippen LogP contribution in [0.3, 0.4) is 0 Å². The average Bonchev–Trinajstić information content (AvgIpc) is 2.09. The molecule has 0 bridgehead atoms. The average molecular weight is 236 g/mol. The van der Waals surface area contributed by atoms with E-state index in [0.717, 1.165) is 0 Å². The second-order valence-corrected chi connectivity index (χ2v) is 2.87. The number of hydrogen-bond donors (Lipinski definition) is 1. The first-order chi connectivity index (χ1) is 6.15. The van der Waals surface area contributed by atoms with Crippen LogP contribution in [0.5, 0.6) is 0 Å². The van der Waals surface area contributed by atoms with Crippen molar-refractivity contribution in [3.8, 4) is 0 Å². The van der Waals surface area contributed by atoms with E-state index in [1.807, 2.05) is 0 Å². The first-order valence-corrected chi connectivity index (χ1v) is 4.25. The van der Waals surface area contributed by atoms with Crippen LogP contribution in [-0.2, 0) is 4.74 Å². The topological polar surface area (TPSA) is 52.3 Å². The van der Waals surface area contributed by atoms with E-state index in [1.54, 1.807) is 19.1 Å². The van der Waals surface area contributed by atoms with Gasteiger partial charge in [-0.25, -0.2) is 4.79 Å². The van der Waals surface area contributed by atoms with E-state index in [1.165, 1.54) is 6.07 Å². The molecule has 2 N–H and O–H groups in total. The molecule has 0 heterocycles. The fourth-order valence-electron chi connectivity index (χ4n) is 0.908. The van der Waals surface area contributed by atoms with E-state index in [2.05, 4.69) is 0 Å². The third kappa shape index (κ3) is 3.09. The predicted molar refractivity (Wildman–Crippen MR) is 59.1 cm³/mol. The van der Waals surface area contributed by atoms with Gasteiger partial charge in [-0.05, 0) is 25.1 Å². The minimum absolute atomic E-state index is 0. The van der Waals surface area contributed by atoms with Gasteiger partial charge < -0.3 is 10.5 Å². The Morgan fingerprint density at radius 1 is 1.57 bits per heavy atom. The van der Waals surface area contributed by atoms with E-state index >= 15 is 0 Å². The molecular formula is C9H11Cl2NO2. The van der Waals surface area contributed by atoms with Crippen molar-refractivity contribution in [2.45, 2.75) is 6.92 Å². The second-order valence-electron chi connectivity index (χ2n) is 2.46. The number of hydrogen-bond acceptors (Lipinski definition) is 3. The molecule has 0 unspecified atom stereocenters. The fourth-order valence-corrected chi connectivity index (χ4v) is 1.10. The Morgan fingerprint density at radius 2 is 2.21 bits per heavy atom. The van der Waals surface area contributed by atoms with E-state index in [-0.39, 0.29) is 12.4 Å². The Morgan fingerprint density at radius 3 is 2.79 bits per heavy atom. The molecule has 1 aromatic rings. The summed E-state index contributed by atoms with van der Waals surface area (Å²) in [6.07, 6.45) is 0. The van der Waals surface area contributed by atoms with Crippen molar-refractivity contribution in [2.24, 2.45) is 0 Å². The highest BCUT2D eigenvalue weighted by Gasteiger charge is 2.10. The van der Waals surface area contributed by atoms with Gasteiger partial charge in [-0.2, -0.15) is 0 Å². The molecule has 0 fully saturated rings. The number of ether oxygens (including phenoxy) is 1. The molecule has 5 heteroatoms. The standard InChI is InChI=1S/C9H10ClNO2.ClH/c1-2-13-9(12)7-5-6(11)3-4-8(7)10;/h3-5H,2,11H2,1H3;1H. The van der Waals surface area contributed by atoms with E-state index in [9.17, 15) is 4.79 Å². The Balaban J connectivity index is 0.00000169. The van der Waals surface area contributed by atoms with Crippen LogP contribution in [0.15, 0.2) is 18.2 Å². The number of rotatable bonds is 2. The molecule has 1 aromatic carbocycles. The first kappa shape index (κ1) is 13.1. The molecule has 0 radical (unpaired) electrons. The summed E-state index contributed by atoms with van der Waals surface area (Å²) in [7, 11) is 0. The van der Waals surface area contributed by atoms with Gasteiger partial charge in [0.15, 0.2) is 0 Å². The van der Waals surface area contributed by atoms with Crippen molar-refractivity contribution in [2.75, 3.05) is 12.3 Å². The van der Waals surface area contributed by atoms with Gasteiger partial charge in [-0.3, -0.25) is 0 Å². The number of benzene rings is 1. The third-order valence-corrected chi connectivity index (χ3v) is 1.82. The molecule has 3 nitrogen and oxygen atoms in total. The minimum atomic E-state index is -0.445. The first-order valence-electron chi connectivity index (χ1n) is 3.87. The highest BCUT2D eigenvalue weighted by molar-refractivity contribution is 6.33. The van der Waals surface area contributed by atoms with Gasteiger partial charge in [-0.15, -0.1) is 12.4 Å². The number of carbonyl (C=O) groups is 1. The smallest absolute Gasteiger partial charge is 0.339 e. The van der Waals surface area contributed by atoms with E-state index < -0.39 is 5.97 Å². The van der Waals surface area contributed by atoms with Crippen LogP contribution in [0.4, 0.5) is 5.69 Å². The van der Waals surface area contributed by atoms with Crippen molar-refractivity contribution < 1.29 is 9.53 Å². The maximum absolute atomic E-state index is 11.3. The number of halogens is 2. The van der Waals surface area contributed by atoms with Gasteiger partial charge >= 0.3 is 5.97 Å². The summed E-state index contributed by atoms with van der Waals surface area (Å²) < 4.78 is 4.78. The molecule has 0 atom stereocenters. The molecule has 0 aliphatic rings. The van der Waals surface area contributed by atoms with Crippen LogP contribution >= 0.6 is 24.0 Å². The lowest BCUT2D eigenvalue weighted by Crippen LogP contribution is -2.05. The van der Waals surface area contributed by atoms with Crippen molar-refractivity contribution in [3.05, 3.63) is 28.8 Å². The Hall–Kier alpha value is -0.930. The quantitative estimate of drug-likeness (QED) is 0.634. The molecule has 0 saturated carbocycles. The number of nitrogens with two attached hydrogens (primary N) is 1. The number of anilines is 1. The molecule has 0 spiro atoms. The lowest BCUT2D eigenvalue weighted by Gasteiger charge is -2.04. The third-order valence-electron chi connectivity index (χ3n) is 1.49. The van der Waals surface area contributed by atoms with E-state index in [4.69, 9.17) is 22.1 Å². The predicted octanol–water partition coefficient (Wildman–Crippen LogP) is 2.52. The van der Waals surface area contributed by atoms with Gasteiger partial charge in [0.1, 0.15) is 0 Å². The zero-order valence-corrected chi connectivity index (χ0v) is 9.19. The monoisotopic (exact) mass is 235 g/mol.